The van der Waals surface area contributed by atoms with Gasteiger partial charge < -0.3 is 10.6 Å². The predicted octanol–water partition coefficient (Wildman–Crippen LogP) is 2.35. The van der Waals surface area contributed by atoms with Gasteiger partial charge in [0.15, 0.2) is 0 Å². The molecule has 0 spiro atoms. The van der Waals surface area contributed by atoms with E-state index < -0.39 is 0 Å². The van der Waals surface area contributed by atoms with Crippen molar-refractivity contribution < 1.29 is 4.79 Å². The Balaban J connectivity index is 1.66. The number of anilines is 3. The molecule has 1 saturated heterocycles. The molecule has 3 heterocycles. The fourth-order valence-corrected chi connectivity index (χ4v) is 2.91. The number of amides is 2. The molecular formula is C17H19N7O. The second kappa shape index (κ2) is 6.39. The van der Waals surface area contributed by atoms with Crippen LogP contribution >= 0.6 is 0 Å². The van der Waals surface area contributed by atoms with E-state index in [4.69, 9.17) is 0 Å². The van der Waals surface area contributed by atoms with E-state index in [0.29, 0.717) is 5.78 Å². The van der Waals surface area contributed by atoms with Crippen LogP contribution in [-0.4, -0.2) is 38.7 Å². The van der Waals surface area contributed by atoms with Crippen LogP contribution in [0.25, 0.3) is 5.78 Å². The van der Waals surface area contributed by atoms with Crippen LogP contribution in [0.2, 0.25) is 0 Å². The van der Waals surface area contributed by atoms with E-state index in [1.54, 1.807) is 9.42 Å². The van der Waals surface area contributed by atoms with E-state index in [0.717, 1.165) is 48.8 Å². The summed E-state index contributed by atoms with van der Waals surface area (Å²) in [5.41, 5.74) is 2.68. The second-order valence-corrected chi connectivity index (χ2v) is 5.87. The lowest BCUT2D eigenvalue weighted by atomic mass is 10.2. The summed E-state index contributed by atoms with van der Waals surface area (Å²) in [6.07, 6.45) is 3.24. The lowest BCUT2D eigenvalue weighted by Gasteiger charge is -2.27. The molecule has 8 nitrogen and oxygen atoms in total. The van der Waals surface area contributed by atoms with Gasteiger partial charge in [0.25, 0.3) is 5.78 Å². The molecule has 0 bridgehead atoms. The van der Waals surface area contributed by atoms with Gasteiger partial charge >= 0.3 is 6.03 Å². The molecule has 8 heteroatoms. The third-order valence-corrected chi connectivity index (χ3v) is 4.18. The molecule has 0 radical (unpaired) electrons. The van der Waals surface area contributed by atoms with Crippen LogP contribution in [0.4, 0.5) is 22.0 Å². The van der Waals surface area contributed by atoms with Crippen molar-refractivity contribution in [3.63, 3.8) is 0 Å². The normalized spacial score (nSPS) is 14.6. The van der Waals surface area contributed by atoms with Crippen LogP contribution < -0.4 is 15.5 Å². The Morgan fingerprint density at radius 2 is 2.24 bits per heavy atom. The van der Waals surface area contributed by atoms with Gasteiger partial charge in [-0.3, -0.25) is 4.90 Å². The molecule has 0 aliphatic carbocycles. The van der Waals surface area contributed by atoms with Gasteiger partial charge in [0.2, 0.25) is 0 Å². The number of fused-ring (bicyclic) bond motifs is 1. The Labute approximate surface area is 144 Å². The molecule has 1 fully saturated rings. The minimum Gasteiger partial charge on any atom is -0.340 e. The molecule has 0 atom stereocenters. The molecule has 128 valence electrons. The van der Waals surface area contributed by atoms with Crippen molar-refractivity contribution >= 4 is 29.0 Å². The smallest absolute Gasteiger partial charge is 0.321 e. The Morgan fingerprint density at radius 3 is 3.08 bits per heavy atom. The number of nitrogens with one attached hydrogen (secondary N) is 2. The number of hydrogen-bond acceptors (Lipinski definition) is 5. The summed E-state index contributed by atoms with van der Waals surface area (Å²) in [6, 6.07) is 9.69. The average molecular weight is 337 g/mol. The molecule has 0 unspecified atom stereocenters. The van der Waals surface area contributed by atoms with E-state index in [2.05, 4.69) is 32.6 Å². The van der Waals surface area contributed by atoms with Crippen molar-refractivity contribution in [2.24, 2.45) is 0 Å². The van der Waals surface area contributed by atoms with Crippen LogP contribution in [0.5, 0.6) is 0 Å². The van der Waals surface area contributed by atoms with E-state index in [1.165, 1.54) is 6.33 Å². The van der Waals surface area contributed by atoms with Crippen molar-refractivity contribution in [2.75, 3.05) is 23.3 Å². The summed E-state index contributed by atoms with van der Waals surface area (Å²) < 4.78 is 1.67. The lowest BCUT2D eigenvalue weighted by molar-refractivity contribution is 0.243. The highest BCUT2D eigenvalue weighted by molar-refractivity contribution is 5.93. The Hall–Kier alpha value is -3.16. The first-order chi connectivity index (χ1) is 12.2. The first-order valence-electron chi connectivity index (χ1n) is 8.36. The van der Waals surface area contributed by atoms with Gasteiger partial charge in [-0.1, -0.05) is 13.0 Å². The lowest BCUT2D eigenvalue weighted by Crippen LogP contribution is -2.46. The standard InChI is InChI=1S/C17H19N7O/c1-2-12-10-15(24-16(22-12)19-11-20-24)21-13-5-3-6-14(9-13)23-8-4-7-18-17(23)25/h3,5-6,9-11,21H,2,4,7-8H2,1H3,(H,18,25). The summed E-state index contributed by atoms with van der Waals surface area (Å²) in [4.78, 5) is 22.4. The van der Waals surface area contributed by atoms with E-state index in [9.17, 15) is 4.79 Å². The number of hydrogen-bond donors (Lipinski definition) is 2. The molecule has 1 aromatic carbocycles. The Kier molecular flexibility index (Phi) is 3.93. The number of carbonyl (C=O) groups is 1. The van der Waals surface area contributed by atoms with Crippen molar-refractivity contribution in [3.8, 4) is 0 Å². The Morgan fingerprint density at radius 1 is 1.32 bits per heavy atom. The van der Waals surface area contributed by atoms with Crippen LogP contribution in [0.1, 0.15) is 19.0 Å². The number of aromatic nitrogens is 4. The van der Waals surface area contributed by atoms with Gasteiger partial charge in [-0.05, 0) is 31.0 Å². The summed E-state index contributed by atoms with van der Waals surface area (Å²) >= 11 is 0. The first-order valence-corrected chi connectivity index (χ1v) is 8.36. The topological polar surface area (TPSA) is 87.5 Å². The van der Waals surface area contributed by atoms with E-state index >= 15 is 0 Å². The second-order valence-electron chi connectivity index (χ2n) is 5.87. The van der Waals surface area contributed by atoms with Gasteiger partial charge in [-0.25, -0.2) is 9.78 Å². The minimum atomic E-state index is -0.0563. The average Bonchev–Trinajstić information content (AvgIpc) is 3.11. The highest BCUT2D eigenvalue weighted by Gasteiger charge is 2.19. The van der Waals surface area contributed by atoms with Crippen LogP contribution in [0.3, 0.4) is 0 Å². The molecule has 4 rings (SSSR count). The number of carbonyl (C=O) groups excluding carboxylic acids is 1. The highest BCUT2D eigenvalue weighted by atomic mass is 16.2. The predicted molar refractivity (Wildman–Crippen MR) is 95.2 cm³/mol. The van der Waals surface area contributed by atoms with Crippen molar-refractivity contribution in [3.05, 3.63) is 42.4 Å². The SMILES string of the molecule is CCc1cc(Nc2cccc(N3CCCNC3=O)c2)n2ncnc2n1. The maximum Gasteiger partial charge on any atom is 0.321 e. The summed E-state index contributed by atoms with van der Waals surface area (Å²) in [5.74, 6) is 1.35. The minimum absolute atomic E-state index is 0.0563. The zero-order chi connectivity index (χ0) is 17.2. The fourth-order valence-electron chi connectivity index (χ4n) is 2.91. The zero-order valence-electron chi connectivity index (χ0n) is 13.9. The molecular weight excluding hydrogens is 318 g/mol. The first kappa shape index (κ1) is 15.4. The number of benzene rings is 1. The van der Waals surface area contributed by atoms with Crippen molar-refractivity contribution in [1.29, 1.82) is 0 Å². The van der Waals surface area contributed by atoms with E-state index in [-0.39, 0.29) is 6.03 Å². The monoisotopic (exact) mass is 337 g/mol. The molecule has 0 saturated carbocycles. The summed E-state index contributed by atoms with van der Waals surface area (Å²) in [5, 5.41) is 10.5. The maximum absolute atomic E-state index is 12.1. The molecule has 25 heavy (non-hydrogen) atoms. The Bertz CT molecular complexity index is 920. The number of aryl methyl sites for hydroxylation is 1. The molecule has 1 aliphatic rings. The summed E-state index contributed by atoms with van der Waals surface area (Å²) in [6.45, 7) is 3.50. The quantitative estimate of drug-likeness (QED) is 0.763. The molecule has 2 amide bonds. The van der Waals surface area contributed by atoms with Crippen molar-refractivity contribution in [1.82, 2.24) is 24.9 Å². The maximum atomic E-state index is 12.1. The number of urea groups is 1. The molecule has 3 aromatic rings. The largest absolute Gasteiger partial charge is 0.340 e. The molecule has 2 N–H and O–H groups in total. The van der Waals surface area contributed by atoms with Crippen LogP contribution in [-0.2, 0) is 6.42 Å². The van der Waals surface area contributed by atoms with Crippen LogP contribution in [0.15, 0.2) is 36.7 Å². The van der Waals surface area contributed by atoms with Crippen LogP contribution in [0, 0.1) is 0 Å². The summed E-state index contributed by atoms with van der Waals surface area (Å²) in [7, 11) is 0. The fraction of sp³-hybridized carbons (Fsp3) is 0.294. The van der Waals surface area contributed by atoms with Gasteiger partial charge in [0.05, 0.1) is 0 Å². The molecule has 1 aliphatic heterocycles. The van der Waals surface area contributed by atoms with Crippen molar-refractivity contribution in [2.45, 2.75) is 19.8 Å². The molecule has 2 aromatic heterocycles. The van der Waals surface area contributed by atoms with Gasteiger partial charge in [0, 0.05) is 36.2 Å². The zero-order valence-corrected chi connectivity index (χ0v) is 13.9. The third kappa shape index (κ3) is 2.98. The highest BCUT2D eigenvalue weighted by Crippen LogP contribution is 2.24. The number of nitrogens with zero attached hydrogens (tertiary/aromatic N) is 5. The van der Waals surface area contributed by atoms with Gasteiger partial charge in [-0.15, -0.1) is 0 Å². The number of rotatable bonds is 4. The van der Waals surface area contributed by atoms with Gasteiger partial charge in [0.1, 0.15) is 12.1 Å². The third-order valence-electron chi connectivity index (χ3n) is 4.18. The van der Waals surface area contributed by atoms with Gasteiger partial charge in [-0.2, -0.15) is 14.6 Å². The van der Waals surface area contributed by atoms with E-state index in [1.807, 2.05) is 30.3 Å².